The van der Waals surface area contributed by atoms with Gasteiger partial charge in [0.2, 0.25) is 5.91 Å². The molecule has 0 aliphatic carbocycles. The van der Waals surface area contributed by atoms with Crippen molar-refractivity contribution in [2.75, 3.05) is 12.4 Å². The number of nitrogens with one attached hydrogen (secondary N) is 3. The van der Waals surface area contributed by atoms with Crippen molar-refractivity contribution in [1.29, 1.82) is 0 Å². The number of carbonyl (C=O) groups excluding carboxylic acids is 1. The molecule has 3 aromatic rings. The number of H-pyrrole nitrogens is 1. The minimum absolute atomic E-state index is 0.0241. The van der Waals surface area contributed by atoms with Crippen LogP contribution in [0.1, 0.15) is 19.0 Å². The third-order valence-electron chi connectivity index (χ3n) is 4.17. The smallest absolute Gasteiger partial charge is 0.242 e. The van der Waals surface area contributed by atoms with Crippen molar-refractivity contribution in [3.63, 3.8) is 0 Å². The first-order valence-corrected chi connectivity index (χ1v) is 8.44. The molecule has 0 aliphatic heterocycles. The van der Waals surface area contributed by atoms with Gasteiger partial charge in [0.1, 0.15) is 11.8 Å². The zero-order chi connectivity index (χ0) is 17.6. The van der Waals surface area contributed by atoms with Crippen LogP contribution in [0.2, 0.25) is 0 Å². The van der Waals surface area contributed by atoms with Gasteiger partial charge < -0.3 is 20.4 Å². The molecule has 5 heteroatoms. The van der Waals surface area contributed by atoms with Gasteiger partial charge >= 0.3 is 0 Å². The monoisotopic (exact) mass is 337 g/mol. The summed E-state index contributed by atoms with van der Waals surface area (Å²) in [6.07, 6.45) is 0.690. The van der Waals surface area contributed by atoms with Gasteiger partial charge in [0, 0.05) is 23.0 Å². The number of methoxy groups -OCH3 is 1. The van der Waals surface area contributed by atoms with Gasteiger partial charge in [0.15, 0.2) is 0 Å². The number of fused-ring (bicyclic) bond motifs is 1. The number of rotatable bonds is 7. The Labute approximate surface area is 147 Å². The molecule has 3 N–H and O–H groups in total. The summed E-state index contributed by atoms with van der Waals surface area (Å²) in [4.78, 5) is 15.8. The second kappa shape index (κ2) is 7.75. The molecule has 0 unspecified atom stereocenters. The molecule has 1 atom stereocenters. The summed E-state index contributed by atoms with van der Waals surface area (Å²) >= 11 is 0. The summed E-state index contributed by atoms with van der Waals surface area (Å²) in [7, 11) is 1.63. The molecule has 25 heavy (non-hydrogen) atoms. The molecule has 0 radical (unpaired) electrons. The first-order valence-electron chi connectivity index (χ1n) is 8.44. The number of hydrogen-bond acceptors (Lipinski definition) is 3. The number of benzene rings is 2. The third kappa shape index (κ3) is 4.12. The average molecular weight is 337 g/mol. The normalized spacial score (nSPS) is 11.9. The van der Waals surface area contributed by atoms with Crippen molar-refractivity contribution < 1.29 is 9.53 Å². The highest BCUT2D eigenvalue weighted by Crippen LogP contribution is 2.18. The molecule has 1 heterocycles. The van der Waals surface area contributed by atoms with Crippen LogP contribution < -0.4 is 15.4 Å². The molecular weight excluding hydrogens is 314 g/mol. The molecule has 0 saturated carbocycles. The van der Waals surface area contributed by atoms with Gasteiger partial charge in [0.05, 0.1) is 13.7 Å². The summed E-state index contributed by atoms with van der Waals surface area (Å²) in [6.45, 7) is 2.46. The molecule has 2 aromatic carbocycles. The van der Waals surface area contributed by atoms with Crippen LogP contribution in [-0.2, 0) is 11.3 Å². The standard InChI is InChI=1S/C20H23N3O2/c1-3-18(22-15-8-6-9-17(12-15)25-2)20(24)21-13-16-11-14-7-4-5-10-19(14)23-16/h4-12,18,22-23H,3,13H2,1-2H3,(H,21,24)/t18-/m1/s1. The van der Waals surface area contributed by atoms with Crippen LogP contribution in [0.15, 0.2) is 54.6 Å². The lowest BCUT2D eigenvalue weighted by molar-refractivity contribution is -0.122. The molecule has 0 saturated heterocycles. The molecule has 3 rings (SSSR count). The third-order valence-corrected chi connectivity index (χ3v) is 4.17. The van der Waals surface area contributed by atoms with Gasteiger partial charge in [-0.25, -0.2) is 0 Å². The van der Waals surface area contributed by atoms with E-state index in [0.29, 0.717) is 13.0 Å². The van der Waals surface area contributed by atoms with E-state index in [9.17, 15) is 4.79 Å². The molecular formula is C20H23N3O2. The number of anilines is 1. The average Bonchev–Trinajstić information content (AvgIpc) is 3.07. The number of para-hydroxylation sites is 1. The molecule has 0 spiro atoms. The van der Waals surface area contributed by atoms with E-state index in [2.05, 4.69) is 27.8 Å². The number of hydrogen-bond donors (Lipinski definition) is 3. The van der Waals surface area contributed by atoms with E-state index in [1.807, 2.05) is 49.4 Å². The molecule has 5 nitrogen and oxygen atoms in total. The lowest BCUT2D eigenvalue weighted by Gasteiger charge is -2.18. The second-order valence-electron chi connectivity index (χ2n) is 5.94. The van der Waals surface area contributed by atoms with E-state index >= 15 is 0 Å². The van der Waals surface area contributed by atoms with Crippen molar-refractivity contribution in [1.82, 2.24) is 10.3 Å². The summed E-state index contributed by atoms with van der Waals surface area (Å²) < 4.78 is 5.22. The zero-order valence-corrected chi connectivity index (χ0v) is 14.5. The van der Waals surface area contributed by atoms with Crippen molar-refractivity contribution >= 4 is 22.5 Å². The maximum Gasteiger partial charge on any atom is 0.242 e. The molecule has 0 aliphatic rings. The van der Waals surface area contributed by atoms with Gasteiger partial charge in [-0.2, -0.15) is 0 Å². The van der Waals surface area contributed by atoms with Gasteiger partial charge in [-0.05, 0) is 36.1 Å². The maximum atomic E-state index is 12.5. The predicted octanol–water partition coefficient (Wildman–Crippen LogP) is 3.68. The highest BCUT2D eigenvalue weighted by molar-refractivity contribution is 5.85. The summed E-state index contributed by atoms with van der Waals surface area (Å²) in [5, 5.41) is 7.41. The van der Waals surface area contributed by atoms with Gasteiger partial charge in [-0.1, -0.05) is 31.2 Å². The quantitative estimate of drug-likeness (QED) is 0.616. The lowest BCUT2D eigenvalue weighted by atomic mass is 10.2. The van der Waals surface area contributed by atoms with Crippen molar-refractivity contribution in [2.45, 2.75) is 25.9 Å². The molecule has 130 valence electrons. The highest BCUT2D eigenvalue weighted by Gasteiger charge is 2.16. The van der Waals surface area contributed by atoms with Crippen LogP contribution in [0.4, 0.5) is 5.69 Å². The Morgan fingerprint density at radius 1 is 1.16 bits per heavy atom. The van der Waals surface area contributed by atoms with Crippen LogP contribution in [0, 0.1) is 0 Å². The van der Waals surface area contributed by atoms with Crippen molar-refractivity contribution in [3.05, 3.63) is 60.3 Å². The summed E-state index contributed by atoms with van der Waals surface area (Å²) in [5.74, 6) is 0.738. The Morgan fingerprint density at radius 3 is 2.76 bits per heavy atom. The van der Waals surface area contributed by atoms with Gasteiger partial charge in [0.25, 0.3) is 0 Å². The van der Waals surface area contributed by atoms with E-state index in [1.165, 1.54) is 0 Å². The number of carbonyl (C=O) groups is 1. The van der Waals surface area contributed by atoms with Gasteiger partial charge in [-0.3, -0.25) is 4.79 Å². The Bertz CT molecular complexity index is 824. The topological polar surface area (TPSA) is 66.2 Å². The summed E-state index contributed by atoms with van der Waals surface area (Å²) in [6, 6.07) is 17.4. The Kier molecular flexibility index (Phi) is 5.23. The van der Waals surface area contributed by atoms with Crippen LogP contribution in [0.5, 0.6) is 5.75 Å². The largest absolute Gasteiger partial charge is 0.497 e. The van der Waals surface area contributed by atoms with E-state index in [4.69, 9.17) is 4.74 Å². The van der Waals surface area contributed by atoms with E-state index < -0.39 is 0 Å². The number of aromatic amines is 1. The molecule has 1 aromatic heterocycles. The predicted molar refractivity (Wildman–Crippen MR) is 101 cm³/mol. The maximum absolute atomic E-state index is 12.5. The Morgan fingerprint density at radius 2 is 2.00 bits per heavy atom. The fourth-order valence-electron chi connectivity index (χ4n) is 2.80. The van der Waals surface area contributed by atoms with Crippen molar-refractivity contribution in [2.24, 2.45) is 0 Å². The fourth-order valence-corrected chi connectivity index (χ4v) is 2.80. The van der Waals surface area contributed by atoms with E-state index in [-0.39, 0.29) is 11.9 Å². The Balaban J connectivity index is 1.61. The van der Waals surface area contributed by atoms with Crippen LogP contribution in [-0.4, -0.2) is 24.0 Å². The SMILES string of the molecule is CC[C@@H](Nc1cccc(OC)c1)C(=O)NCc1cc2ccccc2[nH]1. The molecule has 1 amide bonds. The first kappa shape index (κ1) is 16.9. The van der Waals surface area contributed by atoms with E-state index in [0.717, 1.165) is 28.0 Å². The fraction of sp³-hybridized carbons (Fsp3) is 0.250. The lowest BCUT2D eigenvalue weighted by Crippen LogP contribution is -2.38. The number of ether oxygens (including phenoxy) is 1. The highest BCUT2D eigenvalue weighted by atomic mass is 16.5. The van der Waals surface area contributed by atoms with Crippen LogP contribution in [0.25, 0.3) is 10.9 Å². The van der Waals surface area contributed by atoms with Crippen molar-refractivity contribution in [3.8, 4) is 5.75 Å². The first-order chi connectivity index (χ1) is 12.2. The second-order valence-corrected chi connectivity index (χ2v) is 5.94. The minimum Gasteiger partial charge on any atom is -0.497 e. The van der Waals surface area contributed by atoms with Gasteiger partial charge in [-0.15, -0.1) is 0 Å². The number of aromatic nitrogens is 1. The van der Waals surface area contributed by atoms with Crippen LogP contribution >= 0.6 is 0 Å². The minimum atomic E-state index is -0.295. The molecule has 0 bridgehead atoms. The van der Waals surface area contributed by atoms with E-state index in [1.54, 1.807) is 7.11 Å². The summed E-state index contributed by atoms with van der Waals surface area (Å²) in [5.41, 5.74) is 2.94. The van der Waals surface area contributed by atoms with Crippen LogP contribution in [0.3, 0.4) is 0 Å². The zero-order valence-electron chi connectivity index (χ0n) is 14.5. The molecule has 0 fully saturated rings. The Hall–Kier alpha value is -2.95. The number of amides is 1.